The zero-order valence-electron chi connectivity index (χ0n) is 9.07. The lowest BCUT2D eigenvalue weighted by molar-refractivity contribution is -0.147. The van der Waals surface area contributed by atoms with Gasteiger partial charge in [0, 0.05) is 12.0 Å². The highest BCUT2D eigenvalue weighted by atomic mass is 16.5. The van der Waals surface area contributed by atoms with E-state index in [9.17, 15) is 4.79 Å². The Morgan fingerprint density at radius 3 is 2.79 bits per heavy atom. The summed E-state index contributed by atoms with van der Waals surface area (Å²) in [5.74, 6) is 0.517. The van der Waals surface area contributed by atoms with Crippen molar-refractivity contribution in [2.45, 2.75) is 33.3 Å². The molecule has 78 valence electrons. The first-order valence-corrected chi connectivity index (χ1v) is 5.15. The minimum atomic E-state index is -0.230. The standard InChI is InChI=1S/C12H18O2/c1-4-6-11(13)14-12-9(2)7-5-8-10(12)3/h4-7,9-10,12H,8H2,1-3H3/b6-4+. The first kappa shape index (κ1) is 11.0. The molecule has 0 N–H and O–H groups in total. The second-order valence-electron chi connectivity index (χ2n) is 3.90. The third kappa shape index (κ3) is 2.72. The Morgan fingerprint density at radius 1 is 1.50 bits per heavy atom. The summed E-state index contributed by atoms with van der Waals surface area (Å²) >= 11 is 0. The Hall–Kier alpha value is -1.05. The highest BCUT2D eigenvalue weighted by Crippen LogP contribution is 2.26. The minimum absolute atomic E-state index is 0.0312. The molecule has 1 aliphatic carbocycles. The monoisotopic (exact) mass is 194 g/mol. The van der Waals surface area contributed by atoms with Crippen LogP contribution in [0.3, 0.4) is 0 Å². The Balaban J connectivity index is 2.58. The minimum Gasteiger partial charge on any atom is -0.458 e. The number of hydrogen-bond donors (Lipinski definition) is 0. The molecule has 0 amide bonds. The van der Waals surface area contributed by atoms with Gasteiger partial charge in [0.15, 0.2) is 0 Å². The van der Waals surface area contributed by atoms with Crippen LogP contribution in [0.15, 0.2) is 24.3 Å². The lowest BCUT2D eigenvalue weighted by atomic mass is 9.86. The van der Waals surface area contributed by atoms with E-state index in [0.29, 0.717) is 11.8 Å². The average Bonchev–Trinajstić information content (AvgIpc) is 2.12. The summed E-state index contributed by atoms with van der Waals surface area (Å²) in [4.78, 5) is 11.3. The Morgan fingerprint density at radius 2 is 2.21 bits per heavy atom. The number of ether oxygens (including phenoxy) is 1. The highest BCUT2D eigenvalue weighted by molar-refractivity contribution is 5.82. The molecule has 2 heteroatoms. The fourth-order valence-electron chi connectivity index (χ4n) is 1.80. The van der Waals surface area contributed by atoms with E-state index in [1.807, 2.05) is 6.92 Å². The number of carbonyl (C=O) groups excluding carboxylic acids is 1. The summed E-state index contributed by atoms with van der Waals surface area (Å²) in [6.45, 7) is 6.02. The van der Waals surface area contributed by atoms with Crippen molar-refractivity contribution in [2.75, 3.05) is 0 Å². The third-order valence-electron chi connectivity index (χ3n) is 2.58. The van der Waals surface area contributed by atoms with Crippen molar-refractivity contribution in [3.63, 3.8) is 0 Å². The van der Waals surface area contributed by atoms with Crippen LogP contribution in [0.2, 0.25) is 0 Å². The molecule has 0 saturated carbocycles. The van der Waals surface area contributed by atoms with E-state index in [4.69, 9.17) is 4.74 Å². The maximum atomic E-state index is 11.3. The van der Waals surface area contributed by atoms with Crippen LogP contribution in [0.25, 0.3) is 0 Å². The van der Waals surface area contributed by atoms with Gasteiger partial charge in [-0.1, -0.05) is 32.1 Å². The smallest absolute Gasteiger partial charge is 0.330 e. The molecular formula is C12H18O2. The van der Waals surface area contributed by atoms with Gasteiger partial charge in [-0.15, -0.1) is 0 Å². The van der Waals surface area contributed by atoms with Gasteiger partial charge in [0.1, 0.15) is 6.10 Å². The summed E-state index contributed by atoms with van der Waals surface area (Å²) < 4.78 is 5.38. The van der Waals surface area contributed by atoms with Crippen molar-refractivity contribution >= 4 is 5.97 Å². The van der Waals surface area contributed by atoms with Crippen LogP contribution < -0.4 is 0 Å². The summed E-state index contributed by atoms with van der Waals surface area (Å²) in [6, 6.07) is 0. The molecule has 1 rings (SSSR count). The number of carbonyl (C=O) groups is 1. The molecule has 0 bridgehead atoms. The van der Waals surface area contributed by atoms with Gasteiger partial charge < -0.3 is 4.74 Å². The lowest BCUT2D eigenvalue weighted by Gasteiger charge is -2.29. The largest absolute Gasteiger partial charge is 0.458 e. The van der Waals surface area contributed by atoms with Gasteiger partial charge in [0.25, 0.3) is 0 Å². The molecule has 0 aromatic rings. The quantitative estimate of drug-likeness (QED) is 0.384. The van der Waals surface area contributed by atoms with Gasteiger partial charge in [-0.25, -0.2) is 4.79 Å². The van der Waals surface area contributed by atoms with Gasteiger partial charge in [-0.3, -0.25) is 0 Å². The van der Waals surface area contributed by atoms with Crippen molar-refractivity contribution in [2.24, 2.45) is 11.8 Å². The molecule has 0 aliphatic heterocycles. The van der Waals surface area contributed by atoms with Crippen LogP contribution in [0.1, 0.15) is 27.2 Å². The summed E-state index contributed by atoms with van der Waals surface area (Å²) in [6.07, 6.45) is 8.48. The second-order valence-corrected chi connectivity index (χ2v) is 3.90. The molecule has 14 heavy (non-hydrogen) atoms. The molecule has 0 radical (unpaired) electrons. The highest BCUT2D eigenvalue weighted by Gasteiger charge is 2.27. The predicted octanol–water partition coefficient (Wildman–Crippen LogP) is 2.71. The van der Waals surface area contributed by atoms with E-state index < -0.39 is 0 Å². The second kappa shape index (κ2) is 4.99. The summed E-state index contributed by atoms with van der Waals surface area (Å²) in [7, 11) is 0. The van der Waals surface area contributed by atoms with Crippen LogP contribution >= 0.6 is 0 Å². The van der Waals surface area contributed by atoms with E-state index in [0.717, 1.165) is 6.42 Å². The molecule has 0 saturated heterocycles. The van der Waals surface area contributed by atoms with Crippen LogP contribution in [0.4, 0.5) is 0 Å². The van der Waals surface area contributed by atoms with E-state index in [1.54, 1.807) is 6.08 Å². The first-order valence-electron chi connectivity index (χ1n) is 5.15. The van der Waals surface area contributed by atoms with Gasteiger partial charge in [-0.05, 0) is 19.3 Å². The first-order chi connectivity index (χ1) is 6.65. The van der Waals surface area contributed by atoms with Crippen LogP contribution in [-0.2, 0) is 9.53 Å². The molecule has 0 fully saturated rings. The predicted molar refractivity (Wildman–Crippen MR) is 56.8 cm³/mol. The fraction of sp³-hybridized carbons (Fsp3) is 0.583. The molecule has 0 aromatic carbocycles. The Labute approximate surface area is 85.6 Å². The fourth-order valence-corrected chi connectivity index (χ4v) is 1.80. The van der Waals surface area contributed by atoms with Crippen molar-refractivity contribution in [1.82, 2.24) is 0 Å². The Bertz CT molecular complexity index is 253. The van der Waals surface area contributed by atoms with E-state index in [1.165, 1.54) is 6.08 Å². The molecule has 3 unspecified atom stereocenters. The molecule has 1 aliphatic rings. The van der Waals surface area contributed by atoms with E-state index in [2.05, 4.69) is 26.0 Å². The molecule has 0 aromatic heterocycles. The maximum absolute atomic E-state index is 11.3. The van der Waals surface area contributed by atoms with Crippen molar-refractivity contribution in [1.29, 1.82) is 0 Å². The molecule has 3 atom stereocenters. The van der Waals surface area contributed by atoms with Crippen LogP contribution in [0.5, 0.6) is 0 Å². The number of allylic oxidation sites excluding steroid dienone is 2. The summed E-state index contributed by atoms with van der Waals surface area (Å²) in [5, 5.41) is 0. The van der Waals surface area contributed by atoms with Crippen molar-refractivity contribution < 1.29 is 9.53 Å². The maximum Gasteiger partial charge on any atom is 0.330 e. The number of esters is 1. The van der Waals surface area contributed by atoms with Gasteiger partial charge >= 0.3 is 5.97 Å². The van der Waals surface area contributed by atoms with E-state index in [-0.39, 0.29) is 12.1 Å². The molecule has 0 spiro atoms. The van der Waals surface area contributed by atoms with Gasteiger partial charge in [0.05, 0.1) is 0 Å². The molecular weight excluding hydrogens is 176 g/mol. The zero-order chi connectivity index (χ0) is 10.6. The van der Waals surface area contributed by atoms with Crippen molar-refractivity contribution in [3.8, 4) is 0 Å². The number of rotatable bonds is 2. The van der Waals surface area contributed by atoms with Crippen molar-refractivity contribution in [3.05, 3.63) is 24.3 Å². The topological polar surface area (TPSA) is 26.3 Å². The SMILES string of the molecule is C/C=C/C(=O)OC1C(C)C=CCC1C. The van der Waals surface area contributed by atoms with Crippen LogP contribution in [-0.4, -0.2) is 12.1 Å². The summed E-state index contributed by atoms with van der Waals surface area (Å²) in [5.41, 5.74) is 0. The normalized spacial score (nSPS) is 32.1. The molecule has 2 nitrogen and oxygen atoms in total. The molecule has 0 heterocycles. The van der Waals surface area contributed by atoms with E-state index >= 15 is 0 Å². The number of hydrogen-bond acceptors (Lipinski definition) is 2. The Kier molecular flexibility index (Phi) is 3.93. The van der Waals surface area contributed by atoms with Gasteiger partial charge in [-0.2, -0.15) is 0 Å². The average molecular weight is 194 g/mol. The van der Waals surface area contributed by atoms with Gasteiger partial charge in [0.2, 0.25) is 0 Å². The van der Waals surface area contributed by atoms with Crippen LogP contribution in [0, 0.1) is 11.8 Å². The lowest BCUT2D eigenvalue weighted by Crippen LogP contribution is -2.32. The third-order valence-corrected chi connectivity index (χ3v) is 2.58. The zero-order valence-corrected chi connectivity index (χ0v) is 9.07.